The second-order valence-corrected chi connectivity index (χ2v) is 7.16. The highest BCUT2D eigenvalue weighted by atomic mass is 35.5. The van der Waals surface area contributed by atoms with Crippen LogP contribution in [0.5, 0.6) is 0 Å². The zero-order valence-corrected chi connectivity index (χ0v) is 17.0. The van der Waals surface area contributed by atoms with Gasteiger partial charge < -0.3 is 15.5 Å². The van der Waals surface area contributed by atoms with Crippen molar-refractivity contribution in [3.63, 3.8) is 0 Å². The summed E-state index contributed by atoms with van der Waals surface area (Å²) in [6.07, 6.45) is 7.03. The third-order valence-electron chi connectivity index (χ3n) is 5.41. The Kier molecular flexibility index (Phi) is 10.2. The highest BCUT2D eigenvalue weighted by Crippen LogP contribution is 2.24. The molecular weight excluding hydrogens is 373 g/mol. The molecule has 1 amide bonds. The summed E-state index contributed by atoms with van der Waals surface area (Å²) in [5.74, 6) is 2.17. The van der Waals surface area contributed by atoms with E-state index in [1.807, 2.05) is 12.1 Å². The molecule has 2 saturated heterocycles. The van der Waals surface area contributed by atoms with Crippen LogP contribution in [0.3, 0.4) is 0 Å². The van der Waals surface area contributed by atoms with Gasteiger partial charge in [-0.1, -0.05) is 6.92 Å². The third kappa shape index (κ3) is 6.25. The van der Waals surface area contributed by atoms with Crippen LogP contribution in [0.15, 0.2) is 18.3 Å². The Bertz CT molecular complexity index is 528. The van der Waals surface area contributed by atoms with Gasteiger partial charge in [0, 0.05) is 31.7 Å². The molecule has 3 unspecified atom stereocenters. The van der Waals surface area contributed by atoms with Crippen molar-refractivity contribution in [2.24, 2.45) is 11.8 Å². The first kappa shape index (κ1) is 22.9. The fraction of sp³-hybridized carbons (Fsp3) is 0.722. The molecule has 1 aromatic rings. The third-order valence-corrected chi connectivity index (χ3v) is 5.41. The number of amides is 1. The molecule has 1 aromatic heterocycles. The summed E-state index contributed by atoms with van der Waals surface area (Å²) in [6, 6.07) is 4.24. The lowest BCUT2D eigenvalue weighted by Gasteiger charge is -2.28. The Morgan fingerprint density at radius 2 is 2.23 bits per heavy atom. The molecule has 6 nitrogen and oxygen atoms in total. The number of carbonyl (C=O) groups is 1. The number of aromatic nitrogens is 2. The molecule has 0 bridgehead atoms. The lowest BCUT2D eigenvalue weighted by atomic mass is 9.85. The van der Waals surface area contributed by atoms with Gasteiger partial charge in [-0.25, -0.2) is 0 Å². The molecule has 0 radical (unpaired) electrons. The number of carbonyl (C=O) groups excluding carboxylic acids is 1. The monoisotopic (exact) mass is 403 g/mol. The van der Waals surface area contributed by atoms with Crippen molar-refractivity contribution in [1.82, 2.24) is 20.8 Å². The average Bonchev–Trinajstić information content (AvgIpc) is 3.10. The van der Waals surface area contributed by atoms with Gasteiger partial charge in [0.1, 0.15) is 0 Å². The van der Waals surface area contributed by atoms with E-state index in [4.69, 9.17) is 0 Å². The molecule has 2 aliphatic rings. The highest BCUT2D eigenvalue weighted by Gasteiger charge is 2.27. The molecule has 3 heterocycles. The van der Waals surface area contributed by atoms with Gasteiger partial charge in [-0.15, -0.1) is 29.9 Å². The average molecular weight is 404 g/mol. The summed E-state index contributed by atoms with van der Waals surface area (Å²) >= 11 is 0. The molecular formula is C18H31Cl2N5O. The summed E-state index contributed by atoms with van der Waals surface area (Å²) in [6.45, 7) is 6.07. The van der Waals surface area contributed by atoms with Gasteiger partial charge >= 0.3 is 0 Å². The number of piperidine rings is 1. The quantitative estimate of drug-likeness (QED) is 0.762. The first-order valence-corrected chi connectivity index (χ1v) is 9.26. The lowest BCUT2D eigenvalue weighted by molar-refractivity contribution is -0.122. The van der Waals surface area contributed by atoms with Crippen LogP contribution in [0.25, 0.3) is 0 Å². The Hall–Kier alpha value is -1.11. The Morgan fingerprint density at radius 1 is 1.38 bits per heavy atom. The Morgan fingerprint density at radius 3 is 2.92 bits per heavy atom. The number of nitrogens with zero attached hydrogens (tertiary/aromatic N) is 3. The van der Waals surface area contributed by atoms with E-state index in [2.05, 4.69) is 32.7 Å². The van der Waals surface area contributed by atoms with Crippen LogP contribution in [0, 0.1) is 11.8 Å². The van der Waals surface area contributed by atoms with Crippen LogP contribution in [-0.4, -0.2) is 48.3 Å². The van der Waals surface area contributed by atoms with Gasteiger partial charge in [-0.3, -0.25) is 4.79 Å². The molecule has 0 saturated carbocycles. The van der Waals surface area contributed by atoms with Crippen molar-refractivity contribution in [3.8, 4) is 0 Å². The normalized spacial score (nSPS) is 23.5. The topological polar surface area (TPSA) is 70.2 Å². The molecule has 3 rings (SSSR count). The maximum absolute atomic E-state index is 12.3. The van der Waals surface area contributed by atoms with Crippen molar-refractivity contribution >= 4 is 36.5 Å². The molecule has 8 heteroatoms. The number of nitrogens with one attached hydrogen (secondary N) is 2. The first-order chi connectivity index (χ1) is 11.7. The van der Waals surface area contributed by atoms with Crippen LogP contribution in [0.2, 0.25) is 0 Å². The van der Waals surface area contributed by atoms with E-state index >= 15 is 0 Å². The standard InChI is InChI=1S/C18H29N5O.2ClH/c1-14(15-5-2-8-19-12-15)11-18(24)20-13-16-6-4-10-23(16)17-7-3-9-21-22-17;;/h3,7,9,14-16,19H,2,4-6,8,10-13H2,1H3,(H,20,24);2*1H. The van der Waals surface area contributed by atoms with E-state index in [1.165, 1.54) is 12.8 Å². The molecule has 26 heavy (non-hydrogen) atoms. The molecule has 3 atom stereocenters. The predicted octanol–water partition coefficient (Wildman–Crippen LogP) is 2.43. The zero-order chi connectivity index (χ0) is 16.8. The molecule has 2 fully saturated rings. The minimum absolute atomic E-state index is 0. The predicted molar refractivity (Wildman–Crippen MR) is 109 cm³/mol. The number of rotatable bonds is 6. The van der Waals surface area contributed by atoms with Crippen molar-refractivity contribution in [1.29, 1.82) is 0 Å². The fourth-order valence-electron chi connectivity index (χ4n) is 3.92. The van der Waals surface area contributed by atoms with Crippen LogP contribution >= 0.6 is 24.8 Å². The number of halogens is 2. The van der Waals surface area contributed by atoms with E-state index in [0.717, 1.165) is 38.3 Å². The second-order valence-electron chi connectivity index (χ2n) is 7.16. The molecule has 0 spiro atoms. The molecule has 2 aliphatic heterocycles. The SMILES string of the molecule is CC(CC(=O)NCC1CCCN1c1cccnn1)C1CCCNC1.Cl.Cl. The van der Waals surface area contributed by atoms with Gasteiger partial charge in [-0.05, 0) is 62.7 Å². The van der Waals surface area contributed by atoms with E-state index in [1.54, 1.807) is 6.20 Å². The first-order valence-electron chi connectivity index (χ1n) is 9.26. The van der Waals surface area contributed by atoms with Gasteiger partial charge in [0.05, 0.1) is 0 Å². The van der Waals surface area contributed by atoms with E-state index < -0.39 is 0 Å². The summed E-state index contributed by atoms with van der Waals surface area (Å²) in [5.41, 5.74) is 0. The molecule has 0 aliphatic carbocycles. The van der Waals surface area contributed by atoms with Crippen LogP contribution in [0.1, 0.15) is 39.0 Å². The van der Waals surface area contributed by atoms with E-state index in [-0.39, 0.29) is 30.7 Å². The summed E-state index contributed by atoms with van der Waals surface area (Å²) in [7, 11) is 0. The van der Waals surface area contributed by atoms with E-state index in [9.17, 15) is 4.79 Å². The minimum Gasteiger partial charge on any atom is -0.354 e. The van der Waals surface area contributed by atoms with Gasteiger partial charge in [-0.2, -0.15) is 5.10 Å². The fourth-order valence-corrected chi connectivity index (χ4v) is 3.92. The van der Waals surface area contributed by atoms with Crippen molar-refractivity contribution in [3.05, 3.63) is 18.3 Å². The maximum atomic E-state index is 12.3. The van der Waals surface area contributed by atoms with Gasteiger partial charge in [0.2, 0.25) is 5.91 Å². The van der Waals surface area contributed by atoms with Crippen LogP contribution in [0.4, 0.5) is 5.82 Å². The van der Waals surface area contributed by atoms with Crippen LogP contribution in [-0.2, 0) is 4.79 Å². The lowest BCUT2D eigenvalue weighted by Crippen LogP contribution is -2.41. The number of hydrogen-bond donors (Lipinski definition) is 2. The van der Waals surface area contributed by atoms with Crippen molar-refractivity contribution in [2.75, 3.05) is 31.1 Å². The number of anilines is 1. The van der Waals surface area contributed by atoms with E-state index in [0.29, 0.717) is 30.8 Å². The summed E-state index contributed by atoms with van der Waals surface area (Å²) < 4.78 is 0. The molecule has 0 aromatic carbocycles. The summed E-state index contributed by atoms with van der Waals surface area (Å²) in [4.78, 5) is 14.6. The van der Waals surface area contributed by atoms with Gasteiger partial charge in [0.25, 0.3) is 0 Å². The maximum Gasteiger partial charge on any atom is 0.220 e. The molecule has 2 N–H and O–H groups in total. The number of hydrogen-bond acceptors (Lipinski definition) is 5. The smallest absolute Gasteiger partial charge is 0.220 e. The van der Waals surface area contributed by atoms with Crippen LogP contribution < -0.4 is 15.5 Å². The van der Waals surface area contributed by atoms with Crippen molar-refractivity contribution in [2.45, 2.75) is 45.1 Å². The zero-order valence-electron chi connectivity index (χ0n) is 15.4. The Labute approximate surface area is 168 Å². The molecule has 148 valence electrons. The minimum atomic E-state index is 0. The van der Waals surface area contributed by atoms with Gasteiger partial charge in [0.15, 0.2) is 5.82 Å². The summed E-state index contributed by atoms with van der Waals surface area (Å²) in [5, 5.41) is 14.8. The van der Waals surface area contributed by atoms with Crippen molar-refractivity contribution < 1.29 is 4.79 Å². The Balaban J connectivity index is 0.00000169. The second kappa shape index (κ2) is 11.6. The highest BCUT2D eigenvalue weighted by molar-refractivity contribution is 5.85. The largest absolute Gasteiger partial charge is 0.354 e.